The van der Waals surface area contributed by atoms with Crippen LogP contribution in [0.2, 0.25) is 0 Å². The van der Waals surface area contributed by atoms with Gasteiger partial charge in [0.1, 0.15) is 16.8 Å². The Morgan fingerprint density at radius 1 is 1.11 bits per heavy atom. The fraction of sp³-hybridized carbons (Fsp3) is 0.424. The van der Waals surface area contributed by atoms with Crippen LogP contribution in [0.4, 0.5) is 11.4 Å². The highest BCUT2D eigenvalue weighted by Gasteiger charge is 2.32. The van der Waals surface area contributed by atoms with E-state index in [0.717, 1.165) is 53.7 Å². The zero-order valence-electron chi connectivity index (χ0n) is 26.1. The van der Waals surface area contributed by atoms with Crippen LogP contribution in [0.3, 0.4) is 0 Å². The van der Waals surface area contributed by atoms with Crippen molar-refractivity contribution in [1.29, 1.82) is 5.26 Å². The maximum atomic E-state index is 13.9. The average molecular weight is 616 g/mol. The SMILES string of the molecule is C#C/C=C(\C(=N/C)N1CCN(C(=O)c2c(C)cc(C)c(N[C@H]3CCN(c4ccccc4C#N)C[C@H]3C)c2C)CC1)S(N)(=O)=O. The van der Waals surface area contributed by atoms with Crippen LogP contribution < -0.4 is 15.4 Å². The number of aliphatic imine (C=N–C) groups is 1. The van der Waals surface area contributed by atoms with Gasteiger partial charge in [-0.2, -0.15) is 5.26 Å². The molecule has 11 heteroatoms. The van der Waals surface area contributed by atoms with Gasteiger partial charge in [0.25, 0.3) is 5.91 Å². The number of amidine groups is 1. The van der Waals surface area contributed by atoms with Crippen LogP contribution >= 0.6 is 0 Å². The van der Waals surface area contributed by atoms with Crippen molar-refractivity contribution < 1.29 is 13.2 Å². The number of nitrogens with two attached hydrogens (primary N) is 1. The summed E-state index contributed by atoms with van der Waals surface area (Å²) in [7, 11) is -2.58. The van der Waals surface area contributed by atoms with Gasteiger partial charge in [-0.1, -0.05) is 31.0 Å². The summed E-state index contributed by atoms with van der Waals surface area (Å²) in [6, 6.07) is 12.3. The summed E-state index contributed by atoms with van der Waals surface area (Å²) >= 11 is 0. The lowest BCUT2D eigenvalue weighted by atomic mass is 9.90. The molecule has 0 unspecified atom stereocenters. The zero-order chi connectivity index (χ0) is 32.2. The molecule has 2 atom stereocenters. The Morgan fingerprint density at radius 3 is 2.36 bits per heavy atom. The van der Waals surface area contributed by atoms with Gasteiger partial charge >= 0.3 is 0 Å². The highest BCUT2D eigenvalue weighted by Crippen LogP contribution is 2.33. The van der Waals surface area contributed by atoms with Crippen molar-refractivity contribution in [1.82, 2.24) is 9.80 Å². The van der Waals surface area contributed by atoms with Gasteiger partial charge in [0.15, 0.2) is 0 Å². The molecular weight excluding hydrogens is 574 g/mol. The predicted octanol–water partition coefficient (Wildman–Crippen LogP) is 3.40. The van der Waals surface area contributed by atoms with Crippen molar-refractivity contribution in [2.75, 3.05) is 56.5 Å². The number of rotatable bonds is 6. The third kappa shape index (κ3) is 6.75. The number of aryl methyl sites for hydroxylation is 2. The molecule has 2 heterocycles. The van der Waals surface area contributed by atoms with E-state index in [-0.39, 0.29) is 22.7 Å². The number of piperidine rings is 1. The van der Waals surface area contributed by atoms with E-state index in [1.807, 2.05) is 38.1 Å². The van der Waals surface area contributed by atoms with Crippen molar-refractivity contribution >= 4 is 33.1 Å². The summed E-state index contributed by atoms with van der Waals surface area (Å²) in [5.41, 5.74) is 6.25. The van der Waals surface area contributed by atoms with E-state index in [1.165, 1.54) is 7.05 Å². The first kappa shape index (κ1) is 32.6. The van der Waals surface area contributed by atoms with Crippen LogP contribution in [0.1, 0.15) is 46.0 Å². The van der Waals surface area contributed by atoms with E-state index in [2.05, 4.69) is 47.1 Å². The fourth-order valence-corrected chi connectivity index (χ4v) is 7.09. The second kappa shape index (κ2) is 13.5. The number of carbonyl (C=O) groups excluding carboxylic acids is 1. The predicted molar refractivity (Wildman–Crippen MR) is 176 cm³/mol. The molecule has 232 valence electrons. The minimum Gasteiger partial charge on any atom is -0.381 e. The van der Waals surface area contributed by atoms with Gasteiger partial charge < -0.3 is 20.0 Å². The smallest absolute Gasteiger partial charge is 0.254 e. The van der Waals surface area contributed by atoms with E-state index in [9.17, 15) is 18.5 Å². The number of nitrogens with one attached hydrogen (secondary N) is 1. The lowest BCUT2D eigenvalue weighted by Crippen LogP contribution is -2.52. The Balaban J connectivity index is 1.49. The maximum absolute atomic E-state index is 13.9. The van der Waals surface area contributed by atoms with E-state index >= 15 is 0 Å². The number of hydrogen-bond donors (Lipinski definition) is 2. The number of para-hydroxylation sites is 1. The molecule has 0 aromatic heterocycles. The molecule has 0 saturated carbocycles. The molecular formula is C33H41N7O3S. The Bertz CT molecular complexity index is 1680. The van der Waals surface area contributed by atoms with Crippen LogP contribution in [0.15, 0.2) is 46.3 Å². The molecule has 2 aromatic carbocycles. The van der Waals surface area contributed by atoms with Crippen molar-refractivity contribution in [3.05, 3.63) is 69.1 Å². The van der Waals surface area contributed by atoms with Crippen LogP contribution in [0.25, 0.3) is 0 Å². The first-order valence-electron chi connectivity index (χ1n) is 14.7. The molecule has 0 radical (unpaired) electrons. The van der Waals surface area contributed by atoms with Gasteiger partial charge in [0, 0.05) is 69.7 Å². The summed E-state index contributed by atoms with van der Waals surface area (Å²) in [5.74, 6) is 2.68. The Labute approximate surface area is 261 Å². The molecule has 2 aliphatic rings. The Kier molecular flexibility index (Phi) is 10.0. The first-order valence-corrected chi connectivity index (χ1v) is 16.3. The number of anilines is 2. The van der Waals surface area contributed by atoms with Gasteiger partial charge in [-0.05, 0) is 61.9 Å². The minimum absolute atomic E-state index is 0.0560. The van der Waals surface area contributed by atoms with Gasteiger partial charge in [-0.15, -0.1) is 6.42 Å². The number of allylic oxidation sites excluding steroid dienone is 1. The number of terminal acetylenes is 1. The number of carbonyl (C=O) groups is 1. The number of nitriles is 1. The Hall–Kier alpha value is -4.32. The number of hydrogen-bond acceptors (Lipinski definition) is 7. The van der Waals surface area contributed by atoms with Crippen molar-refractivity contribution in [2.45, 2.75) is 40.2 Å². The third-order valence-electron chi connectivity index (χ3n) is 8.61. The highest BCUT2D eigenvalue weighted by molar-refractivity contribution is 7.94. The van der Waals surface area contributed by atoms with Crippen molar-refractivity contribution in [2.24, 2.45) is 16.0 Å². The lowest BCUT2D eigenvalue weighted by molar-refractivity contribution is 0.0690. The van der Waals surface area contributed by atoms with Crippen molar-refractivity contribution in [3.63, 3.8) is 0 Å². The molecule has 0 aliphatic carbocycles. The summed E-state index contributed by atoms with van der Waals surface area (Å²) in [6.07, 6.45) is 7.35. The van der Waals surface area contributed by atoms with E-state index in [0.29, 0.717) is 43.2 Å². The van der Waals surface area contributed by atoms with E-state index in [1.54, 1.807) is 9.80 Å². The van der Waals surface area contributed by atoms with Gasteiger partial charge in [-0.3, -0.25) is 9.79 Å². The fourth-order valence-electron chi connectivity index (χ4n) is 6.38. The summed E-state index contributed by atoms with van der Waals surface area (Å²) in [5, 5.41) is 18.7. The molecule has 2 fully saturated rings. The molecule has 10 nitrogen and oxygen atoms in total. The second-order valence-corrected chi connectivity index (χ2v) is 13.1. The number of piperazine rings is 1. The molecule has 2 saturated heterocycles. The average Bonchev–Trinajstić information content (AvgIpc) is 2.99. The van der Waals surface area contributed by atoms with Gasteiger partial charge in [-0.25, -0.2) is 13.6 Å². The molecule has 0 bridgehead atoms. The molecule has 4 rings (SSSR count). The van der Waals surface area contributed by atoms with E-state index < -0.39 is 10.0 Å². The van der Waals surface area contributed by atoms with Gasteiger partial charge in [0.2, 0.25) is 10.0 Å². The third-order valence-corrected chi connectivity index (χ3v) is 9.52. The number of primary sulfonamides is 1. The summed E-state index contributed by atoms with van der Waals surface area (Å²) in [6.45, 7) is 11.4. The quantitative estimate of drug-likeness (QED) is 0.289. The molecule has 44 heavy (non-hydrogen) atoms. The maximum Gasteiger partial charge on any atom is 0.254 e. The normalized spacial score (nSPS) is 19.8. The number of nitrogens with zero attached hydrogens (tertiary/aromatic N) is 5. The van der Waals surface area contributed by atoms with Crippen LogP contribution in [0.5, 0.6) is 0 Å². The zero-order valence-corrected chi connectivity index (χ0v) is 26.9. The molecule has 2 aliphatic heterocycles. The first-order chi connectivity index (χ1) is 20.9. The number of sulfonamides is 1. The minimum atomic E-state index is -4.07. The summed E-state index contributed by atoms with van der Waals surface area (Å²) < 4.78 is 24.3. The highest BCUT2D eigenvalue weighted by atomic mass is 32.2. The van der Waals surface area contributed by atoms with E-state index in [4.69, 9.17) is 11.6 Å². The van der Waals surface area contributed by atoms with Crippen molar-refractivity contribution in [3.8, 4) is 18.4 Å². The second-order valence-electron chi connectivity index (χ2n) is 11.5. The van der Waals surface area contributed by atoms with Gasteiger partial charge in [0.05, 0.1) is 11.3 Å². The van der Waals surface area contributed by atoms with Crippen LogP contribution in [0, 0.1) is 50.4 Å². The topological polar surface area (TPSA) is 135 Å². The molecule has 1 amide bonds. The van der Waals surface area contributed by atoms with Crippen LogP contribution in [-0.2, 0) is 10.0 Å². The largest absolute Gasteiger partial charge is 0.381 e. The molecule has 3 N–H and O–H groups in total. The lowest BCUT2D eigenvalue weighted by Gasteiger charge is -2.40. The summed E-state index contributed by atoms with van der Waals surface area (Å²) in [4.78, 5) is 23.8. The number of benzene rings is 2. The monoisotopic (exact) mass is 615 g/mol. The number of amides is 1. The Morgan fingerprint density at radius 2 is 1.77 bits per heavy atom. The molecule has 2 aromatic rings. The standard InChI is InChI=1S/C33H41N7O3S/c1-7-10-29(44(35,42)43)32(36-6)38-15-17-39(18-16-38)33(41)30-22(2)19-23(3)31(25(30)5)37-27-13-14-40(21-24(27)4)28-12-9-8-11-26(28)20-34/h1,8-12,19,24,27,37H,13-18,21H2,2-6H3,(H2,35,42,43)/b29-10+,36-32+/t24-,27+/m1/s1. The molecule has 0 spiro atoms. The van der Waals surface area contributed by atoms with Crippen LogP contribution in [-0.4, -0.2) is 82.3 Å².